The Balaban J connectivity index is 0.00000625. The monoisotopic (exact) mass is 403 g/mol. The molecule has 0 aliphatic heterocycles. The van der Waals surface area contributed by atoms with Crippen molar-refractivity contribution in [1.82, 2.24) is 0 Å². The molecular formula is C20H38ClNO3Si. The topological polar surface area (TPSA) is 75.7 Å². The molecule has 0 unspecified atom stereocenters. The first kappa shape index (κ1) is 25.4. The van der Waals surface area contributed by atoms with Gasteiger partial charge in [0, 0.05) is 8.07 Å². The van der Waals surface area contributed by atoms with Crippen molar-refractivity contribution >= 4 is 20.5 Å². The molecule has 1 aromatic rings. The minimum atomic E-state index is -0.898. The molecule has 0 aliphatic carbocycles. The molecule has 0 atom stereocenters. The number of aliphatic hydroxyl groups excluding tert-OH is 2. The highest BCUT2D eigenvalue weighted by Crippen LogP contribution is 2.17. The quantitative estimate of drug-likeness (QED) is 0.343. The minimum absolute atomic E-state index is 0. The zero-order valence-corrected chi connectivity index (χ0v) is 18.5. The zero-order valence-electron chi connectivity index (χ0n) is 16.7. The van der Waals surface area contributed by atoms with Gasteiger partial charge in [0.25, 0.3) is 0 Å². The lowest BCUT2D eigenvalue weighted by Gasteiger charge is -2.24. The molecule has 0 heterocycles. The Bertz CT molecular complexity index is 473. The first-order chi connectivity index (χ1) is 11.8. The van der Waals surface area contributed by atoms with E-state index in [9.17, 15) is 10.2 Å². The molecular weight excluding hydrogens is 366 g/mol. The molecule has 26 heavy (non-hydrogen) atoms. The number of rotatable bonds is 13. The standard InChI is InChI=1S/C20H37NO3Si.ClH/c1-25(2,3)15-7-5-4-6-14-24-19-10-8-18(9-11-19)12-13-20(21,16-22)17-23;/h8-11,22-23H,4-7,12-17,21H2,1-3H3;1H. The fraction of sp³-hybridized carbons (Fsp3) is 0.700. The summed E-state index contributed by atoms with van der Waals surface area (Å²) in [5, 5.41) is 18.4. The maximum absolute atomic E-state index is 9.22. The van der Waals surface area contributed by atoms with Crippen molar-refractivity contribution in [2.75, 3.05) is 19.8 Å². The molecule has 1 rings (SSSR count). The van der Waals surface area contributed by atoms with Gasteiger partial charge in [-0.25, -0.2) is 0 Å². The second-order valence-corrected chi connectivity index (χ2v) is 14.0. The molecule has 0 spiro atoms. The molecule has 0 aromatic heterocycles. The van der Waals surface area contributed by atoms with E-state index in [4.69, 9.17) is 10.5 Å². The van der Waals surface area contributed by atoms with Crippen molar-refractivity contribution < 1.29 is 14.9 Å². The fourth-order valence-corrected chi connectivity index (χ4v) is 3.97. The van der Waals surface area contributed by atoms with Gasteiger partial charge in [0.2, 0.25) is 0 Å². The average molecular weight is 404 g/mol. The van der Waals surface area contributed by atoms with Crippen LogP contribution in [0.3, 0.4) is 0 Å². The minimum Gasteiger partial charge on any atom is -0.494 e. The molecule has 4 N–H and O–H groups in total. The van der Waals surface area contributed by atoms with E-state index < -0.39 is 13.6 Å². The van der Waals surface area contributed by atoms with Crippen molar-refractivity contribution in [1.29, 1.82) is 0 Å². The van der Waals surface area contributed by atoms with Gasteiger partial charge < -0.3 is 20.7 Å². The zero-order chi connectivity index (χ0) is 18.8. The van der Waals surface area contributed by atoms with Crippen LogP contribution in [0.1, 0.15) is 37.7 Å². The van der Waals surface area contributed by atoms with Crippen LogP contribution in [0.4, 0.5) is 0 Å². The van der Waals surface area contributed by atoms with E-state index in [1.54, 1.807) is 0 Å². The lowest BCUT2D eigenvalue weighted by atomic mass is 9.94. The van der Waals surface area contributed by atoms with Crippen molar-refractivity contribution in [3.05, 3.63) is 29.8 Å². The number of hydrogen-bond acceptors (Lipinski definition) is 4. The third-order valence-corrected chi connectivity index (χ3v) is 6.41. The first-order valence-electron chi connectivity index (χ1n) is 9.50. The number of hydrogen-bond donors (Lipinski definition) is 3. The van der Waals surface area contributed by atoms with Gasteiger partial charge in [0.15, 0.2) is 0 Å². The highest BCUT2D eigenvalue weighted by Gasteiger charge is 2.22. The van der Waals surface area contributed by atoms with Crippen molar-refractivity contribution in [3.8, 4) is 5.75 Å². The van der Waals surface area contributed by atoms with Crippen LogP contribution >= 0.6 is 12.4 Å². The van der Waals surface area contributed by atoms with E-state index in [0.717, 1.165) is 30.8 Å². The molecule has 0 bridgehead atoms. The Morgan fingerprint density at radius 2 is 1.54 bits per heavy atom. The molecule has 0 radical (unpaired) electrons. The van der Waals surface area contributed by atoms with Crippen molar-refractivity contribution in [2.24, 2.45) is 5.73 Å². The normalized spacial score (nSPS) is 11.9. The number of halogens is 1. The van der Waals surface area contributed by atoms with Crippen LogP contribution in [-0.2, 0) is 6.42 Å². The molecule has 152 valence electrons. The maximum Gasteiger partial charge on any atom is 0.119 e. The van der Waals surface area contributed by atoms with Crippen molar-refractivity contribution in [3.63, 3.8) is 0 Å². The van der Waals surface area contributed by atoms with Gasteiger partial charge >= 0.3 is 0 Å². The lowest BCUT2D eigenvalue weighted by molar-refractivity contribution is 0.115. The maximum atomic E-state index is 9.22. The molecule has 0 aliphatic rings. The van der Waals surface area contributed by atoms with Gasteiger partial charge in [0.05, 0.1) is 25.4 Å². The second-order valence-electron chi connectivity index (χ2n) is 8.40. The second kappa shape index (κ2) is 12.7. The first-order valence-corrected chi connectivity index (χ1v) is 13.2. The van der Waals surface area contributed by atoms with Crippen LogP contribution in [0.2, 0.25) is 25.7 Å². The van der Waals surface area contributed by atoms with Crippen LogP contribution in [-0.4, -0.2) is 43.6 Å². The van der Waals surface area contributed by atoms with E-state index in [-0.39, 0.29) is 25.6 Å². The van der Waals surface area contributed by atoms with Gasteiger partial charge in [-0.1, -0.05) is 57.1 Å². The number of aryl methyl sites for hydroxylation is 1. The molecule has 1 aromatic carbocycles. The summed E-state index contributed by atoms with van der Waals surface area (Å²) >= 11 is 0. The highest BCUT2D eigenvalue weighted by molar-refractivity contribution is 6.76. The lowest BCUT2D eigenvalue weighted by Crippen LogP contribution is -2.47. The predicted molar refractivity (Wildman–Crippen MR) is 115 cm³/mol. The Labute approximate surface area is 166 Å². The third kappa shape index (κ3) is 11.2. The van der Waals surface area contributed by atoms with Crippen LogP contribution < -0.4 is 10.5 Å². The average Bonchev–Trinajstić information content (AvgIpc) is 2.59. The van der Waals surface area contributed by atoms with Gasteiger partial charge in [-0.3, -0.25) is 0 Å². The van der Waals surface area contributed by atoms with Gasteiger partial charge in [0.1, 0.15) is 5.75 Å². The van der Waals surface area contributed by atoms with E-state index in [2.05, 4.69) is 19.6 Å². The summed E-state index contributed by atoms with van der Waals surface area (Å²) in [6, 6.07) is 9.44. The van der Waals surface area contributed by atoms with E-state index in [1.807, 2.05) is 24.3 Å². The number of ether oxygens (including phenoxy) is 1. The fourth-order valence-electron chi connectivity index (χ4n) is 2.65. The Morgan fingerprint density at radius 3 is 2.08 bits per heavy atom. The molecule has 0 fully saturated rings. The SMILES string of the molecule is C[Si](C)(C)CCCCCCOc1ccc(CCC(N)(CO)CO)cc1.Cl. The Morgan fingerprint density at radius 1 is 0.962 bits per heavy atom. The molecule has 6 heteroatoms. The summed E-state index contributed by atoms with van der Waals surface area (Å²) in [5.74, 6) is 0.897. The van der Waals surface area contributed by atoms with E-state index in [0.29, 0.717) is 6.42 Å². The highest BCUT2D eigenvalue weighted by atomic mass is 35.5. The van der Waals surface area contributed by atoms with E-state index >= 15 is 0 Å². The summed E-state index contributed by atoms with van der Waals surface area (Å²) in [6.45, 7) is 7.65. The van der Waals surface area contributed by atoms with E-state index in [1.165, 1.54) is 25.3 Å². The van der Waals surface area contributed by atoms with Gasteiger partial charge in [-0.05, 0) is 37.0 Å². The smallest absolute Gasteiger partial charge is 0.119 e. The van der Waals surface area contributed by atoms with Crippen LogP contribution in [0.25, 0.3) is 0 Å². The Hall–Kier alpha value is -0.593. The number of nitrogens with two attached hydrogens (primary N) is 1. The predicted octanol–water partition coefficient (Wildman–Crippen LogP) is 4.00. The molecule has 4 nitrogen and oxygen atoms in total. The number of unbranched alkanes of at least 4 members (excludes halogenated alkanes) is 3. The molecule has 0 saturated carbocycles. The van der Waals surface area contributed by atoms with Crippen LogP contribution in [0, 0.1) is 0 Å². The summed E-state index contributed by atoms with van der Waals surface area (Å²) in [7, 11) is -0.875. The summed E-state index contributed by atoms with van der Waals surface area (Å²) in [4.78, 5) is 0. The largest absolute Gasteiger partial charge is 0.494 e. The summed E-state index contributed by atoms with van der Waals surface area (Å²) in [6.07, 6.45) is 6.30. The van der Waals surface area contributed by atoms with Gasteiger partial charge in [-0.2, -0.15) is 0 Å². The Kier molecular flexibility index (Phi) is 12.4. The molecule has 0 saturated heterocycles. The number of benzene rings is 1. The van der Waals surface area contributed by atoms with Crippen molar-refractivity contribution in [2.45, 2.75) is 69.7 Å². The van der Waals surface area contributed by atoms with Crippen LogP contribution in [0.5, 0.6) is 5.75 Å². The third-order valence-electron chi connectivity index (χ3n) is 4.55. The molecule has 0 amide bonds. The number of aliphatic hydroxyl groups is 2. The summed E-state index contributed by atoms with van der Waals surface area (Å²) < 4.78 is 5.80. The summed E-state index contributed by atoms with van der Waals surface area (Å²) in [5.41, 5.74) is 6.13. The van der Waals surface area contributed by atoms with Gasteiger partial charge in [-0.15, -0.1) is 12.4 Å². The van der Waals surface area contributed by atoms with Crippen LogP contribution in [0.15, 0.2) is 24.3 Å².